The molecular formula is C20H13F3N2. The van der Waals surface area contributed by atoms with Crippen molar-refractivity contribution in [1.29, 1.82) is 0 Å². The van der Waals surface area contributed by atoms with Crippen molar-refractivity contribution >= 4 is 6.21 Å². The summed E-state index contributed by atoms with van der Waals surface area (Å²) in [5.74, 6) is 0. The lowest BCUT2D eigenvalue weighted by Crippen LogP contribution is -2.04. The van der Waals surface area contributed by atoms with Crippen molar-refractivity contribution in [1.82, 2.24) is 4.98 Å². The number of hydrogen-bond donors (Lipinski definition) is 0. The fourth-order valence-electron chi connectivity index (χ4n) is 2.95. The third-order valence-corrected chi connectivity index (χ3v) is 4.24. The molecule has 124 valence electrons. The van der Waals surface area contributed by atoms with Gasteiger partial charge in [-0.05, 0) is 41.0 Å². The maximum atomic E-state index is 12.8. The maximum Gasteiger partial charge on any atom is 0.416 e. The van der Waals surface area contributed by atoms with Crippen molar-refractivity contribution < 1.29 is 13.2 Å². The van der Waals surface area contributed by atoms with E-state index in [-0.39, 0.29) is 0 Å². The normalized spacial score (nSPS) is 13.1. The molecule has 0 bridgehead atoms. The van der Waals surface area contributed by atoms with E-state index in [0.29, 0.717) is 17.8 Å². The molecule has 5 heteroatoms. The van der Waals surface area contributed by atoms with Crippen LogP contribution in [-0.4, -0.2) is 11.2 Å². The van der Waals surface area contributed by atoms with E-state index >= 15 is 0 Å². The number of aromatic nitrogens is 1. The molecule has 4 rings (SSSR count). The summed E-state index contributed by atoms with van der Waals surface area (Å²) in [6, 6.07) is 14.9. The van der Waals surface area contributed by atoms with Crippen LogP contribution in [0.1, 0.15) is 16.7 Å². The molecule has 2 heterocycles. The van der Waals surface area contributed by atoms with E-state index in [9.17, 15) is 13.2 Å². The quantitative estimate of drug-likeness (QED) is 0.617. The number of fused-ring (bicyclic) bond motifs is 1. The maximum absolute atomic E-state index is 12.8. The predicted octanol–water partition coefficient (Wildman–Crippen LogP) is 5.37. The number of halogens is 3. The van der Waals surface area contributed by atoms with Crippen LogP contribution in [0.3, 0.4) is 0 Å². The molecule has 1 aromatic heterocycles. The highest BCUT2D eigenvalue weighted by molar-refractivity contribution is 5.89. The minimum Gasteiger partial charge on any atom is -0.288 e. The minimum absolute atomic E-state index is 0.651. The summed E-state index contributed by atoms with van der Waals surface area (Å²) in [5, 5.41) is 0. The molecule has 3 aromatic rings. The van der Waals surface area contributed by atoms with E-state index in [2.05, 4.69) is 9.98 Å². The topological polar surface area (TPSA) is 25.2 Å². The van der Waals surface area contributed by atoms with Gasteiger partial charge in [0.1, 0.15) is 0 Å². The molecule has 0 saturated heterocycles. The van der Waals surface area contributed by atoms with Gasteiger partial charge in [-0.3, -0.25) is 9.98 Å². The highest BCUT2D eigenvalue weighted by Gasteiger charge is 2.30. The van der Waals surface area contributed by atoms with Crippen LogP contribution in [0.2, 0.25) is 0 Å². The third-order valence-electron chi connectivity index (χ3n) is 4.24. The van der Waals surface area contributed by atoms with Crippen molar-refractivity contribution in [3.8, 4) is 22.4 Å². The van der Waals surface area contributed by atoms with Crippen LogP contribution in [-0.2, 0) is 12.7 Å². The first-order chi connectivity index (χ1) is 12.0. The van der Waals surface area contributed by atoms with Gasteiger partial charge in [-0.1, -0.05) is 30.3 Å². The van der Waals surface area contributed by atoms with Crippen molar-refractivity contribution in [2.45, 2.75) is 12.7 Å². The molecule has 0 radical (unpaired) electrons. The summed E-state index contributed by atoms with van der Waals surface area (Å²) in [6.45, 7) is 0.689. The van der Waals surface area contributed by atoms with Crippen LogP contribution in [0, 0.1) is 0 Å². The van der Waals surface area contributed by atoms with Gasteiger partial charge in [0.15, 0.2) is 0 Å². The zero-order valence-electron chi connectivity index (χ0n) is 13.1. The van der Waals surface area contributed by atoms with Gasteiger partial charge < -0.3 is 0 Å². The monoisotopic (exact) mass is 338 g/mol. The zero-order valence-corrected chi connectivity index (χ0v) is 13.1. The second kappa shape index (κ2) is 5.84. The Kier molecular flexibility index (Phi) is 3.64. The van der Waals surface area contributed by atoms with Crippen molar-refractivity contribution in [3.05, 3.63) is 77.5 Å². The number of hydrogen-bond acceptors (Lipinski definition) is 2. The van der Waals surface area contributed by atoms with Crippen molar-refractivity contribution in [2.75, 3.05) is 0 Å². The lowest BCUT2D eigenvalue weighted by Gasteiger charge is -2.11. The molecule has 2 nitrogen and oxygen atoms in total. The van der Waals surface area contributed by atoms with Crippen LogP contribution in [0.4, 0.5) is 13.2 Å². The van der Waals surface area contributed by atoms with Gasteiger partial charge >= 0.3 is 6.18 Å². The van der Waals surface area contributed by atoms with Gasteiger partial charge in [0.25, 0.3) is 0 Å². The summed E-state index contributed by atoms with van der Waals surface area (Å²) >= 11 is 0. The SMILES string of the molecule is FC(F)(F)c1ccc(-c2ncccc2-c2ccc3c(c2)C=NC3)cc1. The molecule has 0 atom stereocenters. The first-order valence-electron chi connectivity index (χ1n) is 7.78. The Morgan fingerprint density at radius 3 is 2.40 bits per heavy atom. The van der Waals surface area contributed by atoms with Gasteiger partial charge in [-0.2, -0.15) is 13.2 Å². The van der Waals surface area contributed by atoms with Gasteiger partial charge in [0.05, 0.1) is 17.8 Å². The van der Waals surface area contributed by atoms with E-state index in [1.54, 1.807) is 6.20 Å². The highest BCUT2D eigenvalue weighted by atomic mass is 19.4. The smallest absolute Gasteiger partial charge is 0.288 e. The number of pyridine rings is 1. The lowest BCUT2D eigenvalue weighted by atomic mass is 9.96. The molecule has 1 aliphatic rings. The molecule has 0 unspecified atom stereocenters. The highest BCUT2D eigenvalue weighted by Crippen LogP contribution is 2.34. The van der Waals surface area contributed by atoms with E-state index in [0.717, 1.165) is 28.8 Å². The van der Waals surface area contributed by atoms with Gasteiger partial charge in [-0.15, -0.1) is 0 Å². The van der Waals surface area contributed by atoms with Gasteiger partial charge in [0, 0.05) is 23.5 Å². The standard InChI is InChI=1S/C20H13F3N2/c21-20(22,23)17-7-5-13(6-8-17)19-18(2-1-9-25-19)14-3-4-15-11-24-12-16(15)10-14/h1-10,12H,11H2. The van der Waals surface area contributed by atoms with E-state index < -0.39 is 11.7 Å². The van der Waals surface area contributed by atoms with E-state index in [1.807, 2.05) is 36.5 Å². The molecule has 0 fully saturated rings. The van der Waals surface area contributed by atoms with Crippen LogP contribution in [0.25, 0.3) is 22.4 Å². The van der Waals surface area contributed by atoms with Gasteiger partial charge in [0.2, 0.25) is 0 Å². The van der Waals surface area contributed by atoms with Crippen molar-refractivity contribution in [3.63, 3.8) is 0 Å². The van der Waals surface area contributed by atoms with Crippen molar-refractivity contribution in [2.24, 2.45) is 4.99 Å². The summed E-state index contributed by atoms with van der Waals surface area (Å²) < 4.78 is 38.3. The lowest BCUT2D eigenvalue weighted by molar-refractivity contribution is -0.137. The Hall–Kier alpha value is -2.95. The Labute approximate surface area is 142 Å². The fourth-order valence-corrected chi connectivity index (χ4v) is 2.95. The first-order valence-corrected chi connectivity index (χ1v) is 7.78. The van der Waals surface area contributed by atoms with E-state index in [1.165, 1.54) is 17.7 Å². The predicted molar refractivity (Wildman–Crippen MR) is 91.4 cm³/mol. The minimum atomic E-state index is -4.34. The Bertz CT molecular complexity index is 957. The molecule has 2 aromatic carbocycles. The molecule has 0 N–H and O–H groups in total. The Balaban J connectivity index is 1.78. The summed E-state index contributed by atoms with van der Waals surface area (Å²) in [6.07, 6.45) is -0.858. The number of alkyl halides is 3. The largest absolute Gasteiger partial charge is 0.416 e. The number of aliphatic imine (C=N–C) groups is 1. The fraction of sp³-hybridized carbons (Fsp3) is 0.100. The molecule has 1 aliphatic heterocycles. The molecule has 0 amide bonds. The second-order valence-electron chi connectivity index (χ2n) is 5.86. The second-order valence-corrected chi connectivity index (χ2v) is 5.86. The average molecular weight is 338 g/mol. The molecular weight excluding hydrogens is 325 g/mol. The number of benzene rings is 2. The third kappa shape index (κ3) is 2.93. The Morgan fingerprint density at radius 1 is 0.880 bits per heavy atom. The molecule has 0 spiro atoms. The number of nitrogens with zero attached hydrogens (tertiary/aromatic N) is 2. The summed E-state index contributed by atoms with van der Waals surface area (Å²) in [5.41, 5.74) is 4.73. The summed E-state index contributed by atoms with van der Waals surface area (Å²) in [7, 11) is 0. The zero-order chi connectivity index (χ0) is 17.4. The van der Waals surface area contributed by atoms with Crippen LogP contribution < -0.4 is 0 Å². The molecule has 0 saturated carbocycles. The van der Waals surface area contributed by atoms with Crippen LogP contribution in [0.5, 0.6) is 0 Å². The van der Waals surface area contributed by atoms with E-state index in [4.69, 9.17) is 0 Å². The van der Waals surface area contributed by atoms with Crippen LogP contribution >= 0.6 is 0 Å². The number of rotatable bonds is 2. The molecule has 25 heavy (non-hydrogen) atoms. The van der Waals surface area contributed by atoms with Gasteiger partial charge in [-0.25, -0.2) is 0 Å². The Morgan fingerprint density at radius 2 is 1.64 bits per heavy atom. The first kappa shape index (κ1) is 15.6. The van der Waals surface area contributed by atoms with Crippen LogP contribution in [0.15, 0.2) is 65.8 Å². The summed E-state index contributed by atoms with van der Waals surface area (Å²) in [4.78, 5) is 8.65. The average Bonchev–Trinajstić information content (AvgIpc) is 3.09. The molecule has 0 aliphatic carbocycles.